The summed E-state index contributed by atoms with van der Waals surface area (Å²) in [6.07, 6.45) is 5.61. The van der Waals surface area contributed by atoms with E-state index in [0.717, 1.165) is 24.5 Å². The van der Waals surface area contributed by atoms with Crippen molar-refractivity contribution in [2.24, 2.45) is 5.92 Å². The first-order valence-corrected chi connectivity index (χ1v) is 8.87. The molecule has 4 rings (SSSR count). The molecule has 5 unspecified atom stereocenters. The number of epoxide rings is 1. The maximum atomic E-state index is 6.36. The van der Waals surface area contributed by atoms with Gasteiger partial charge < -0.3 is 14.8 Å². The average molecular weight is 303 g/mol. The smallest absolute Gasteiger partial charge is 0.138 e. The van der Waals surface area contributed by atoms with E-state index in [-0.39, 0.29) is 5.60 Å². The van der Waals surface area contributed by atoms with Crippen LogP contribution >= 0.6 is 0 Å². The van der Waals surface area contributed by atoms with Gasteiger partial charge in [-0.15, -0.1) is 0 Å². The number of benzene rings is 1. The third-order valence-electron chi connectivity index (χ3n) is 5.41. The molecule has 1 aromatic carbocycles. The summed E-state index contributed by atoms with van der Waals surface area (Å²) in [6, 6.07) is 9.04. The van der Waals surface area contributed by atoms with Crippen molar-refractivity contribution in [3.63, 3.8) is 0 Å². The summed E-state index contributed by atoms with van der Waals surface area (Å²) in [6.45, 7) is 6.20. The van der Waals surface area contributed by atoms with Gasteiger partial charge in [-0.05, 0) is 56.3 Å². The van der Waals surface area contributed by atoms with E-state index in [2.05, 4.69) is 36.5 Å². The van der Waals surface area contributed by atoms with Gasteiger partial charge in [-0.3, -0.25) is 0 Å². The minimum atomic E-state index is -0.00991. The van der Waals surface area contributed by atoms with E-state index < -0.39 is 0 Å². The molecule has 0 spiro atoms. The van der Waals surface area contributed by atoms with Gasteiger partial charge in [-0.1, -0.05) is 32.9 Å². The Morgan fingerprint density at radius 2 is 2.05 bits per heavy atom. The molecule has 0 amide bonds. The monoisotopic (exact) mass is 303 g/mol. The van der Waals surface area contributed by atoms with Crippen LogP contribution in [0, 0.1) is 5.92 Å². The van der Waals surface area contributed by atoms with Crippen LogP contribution in [0.5, 0.6) is 5.75 Å². The molecule has 2 aliphatic carbocycles. The Kier molecular flexibility index (Phi) is 4.47. The highest BCUT2D eigenvalue weighted by Crippen LogP contribution is 2.60. The number of hydrogen-bond donors (Lipinski definition) is 1. The van der Waals surface area contributed by atoms with Crippen molar-refractivity contribution in [3.8, 4) is 5.75 Å². The Hall–Kier alpha value is -1.06. The molecule has 3 nitrogen and oxygen atoms in total. The van der Waals surface area contributed by atoms with Crippen LogP contribution in [0.4, 0.5) is 0 Å². The van der Waals surface area contributed by atoms with Crippen LogP contribution < -0.4 is 10.1 Å². The summed E-state index contributed by atoms with van der Waals surface area (Å²) in [5.74, 6) is 1.75. The van der Waals surface area contributed by atoms with Crippen molar-refractivity contribution in [1.29, 1.82) is 0 Å². The van der Waals surface area contributed by atoms with Crippen LogP contribution in [0.2, 0.25) is 0 Å². The standard InChI is InChI=1S/C17H23NO2.C2H6/c1-3-14(18-2)11-4-6-13(7-5-11)20-17-9-8-12(10-17)15-16(17)19-15;1-2/h4-7,12,14-16,18H,3,8-10H2,1-2H3;1-2H3. The Bertz CT molecular complexity index is 497. The third kappa shape index (κ3) is 2.55. The highest BCUT2D eigenvalue weighted by Gasteiger charge is 2.70. The van der Waals surface area contributed by atoms with E-state index in [9.17, 15) is 0 Å². The van der Waals surface area contributed by atoms with E-state index in [1.165, 1.54) is 18.4 Å². The molecule has 3 heteroatoms. The molecule has 22 heavy (non-hydrogen) atoms. The fourth-order valence-electron chi connectivity index (χ4n) is 4.28. The normalized spacial score (nSPS) is 35.4. The SMILES string of the molecule is CC.CCC(NC)c1ccc(OC23CCC(C2)C2OC23)cc1. The van der Waals surface area contributed by atoms with Crippen molar-refractivity contribution in [2.75, 3.05) is 7.05 Å². The topological polar surface area (TPSA) is 33.8 Å². The van der Waals surface area contributed by atoms with Crippen LogP contribution in [0.1, 0.15) is 58.1 Å². The molecule has 3 fully saturated rings. The quantitative estimate of drug-likeness (QED) is 0.832. The molecular weight excluding hydrogens is 274 g/mol. The second kappa shape index (κ2) is 6.21. The van der Waals surface area contributed by atoms with Crippen molar-refractivity contribution in [2.45, 2.75) is 70.3 Å². The average Bonchev–Trinajstić information content (AvgIpc) is 3.23. The summed E-state index contributed by atoms with van der Waals surface area (Å²) in [4.78, 5) is 0. The van der Waals surface area contributed by atoms with E-state index in [4.69, 9.17) is 9.47 Å². The van der Waals surface area contributed by atoms with Gasteiger partial charge in [0.15, 0.2) is 0 Å². The predicted octanol–water partition coefficient (Wildman–Crippen LogP) is 4.08. The lowest BCUT2D eigenvalue weighted by Gasteiger charge is -2.28. The highest BCUT2D eigenvalue weighted by molar-refractivity contribution is 5.31. The molecule has 1 heterocycles. The molecule has 1 N–H and O–H groups in total. The predicted molar refractivity (Wildman–Crippen MR) is 89.2 cm³/mol. The molecule has 1 aliphatic heterocycles. The van der Waals surface area contributed by atoms with Gasteiger partial charge in [0.05, 0.1) is 6.10 Å². The summed E-state index contributed by atoms with van der Waals surface area (Å²) in [5.41, 5.74) is 1.32. The lowest BCUT2D eigenvalue weighted by atomic mass is 9.97. The first-order valence-electron chi connectivity index (χ1n) is 8.87. The summed E-state index contributed by atoms with van der Waals surface area (Å²) >= 11 is 0. The fourth-order valence-corrected chi connectivity index (χ4v) is 4.28. The van der Waals surface area contributed by atoms with E-state index in [0.29, 0.717) is 18.2 Å². The van der Waals surface area contributed by atoms with Gasteiger partial charge in [0.1, 0.15) is 17.5 Å². The van der Waals surface area contributed by atoms with Gasteiger partial charge in [0.25, 0.3) is 0 Å². The van der Waals surface area contributed by atoms with Crippen molar-refractivity contribution in [1.82, 2.24) is 5.32 Å². The number of ether oxygens (including phenoxy) is 2. The van der Waals surface area contributed by atoms with Gasteiger partial charge >= 0.3 is 0 Å². The second-order valence-corrected chi connectivity index (χ2v) is 6.51. The second-order valence-electron chi connectivity index (χ2n) is 6.51. The number of hydrogen-bond acceptors (Lipinski definition) is 3. The van der Waals surface area contributed by atoms with E-state index in [1.807, 2.05) is 20.9 Å². The molecule has 2 saturated carbocycles. The third-order valence-corrected chi connectivity index (χ3v) is 5.41. The Morgan fingerprint density at radius 1 is 1.32 bits per heavy atom. The van der Waals surface area contributed by atoms with Crippen LogP contribution in [-0.4, -0.2) is 24.9 Å². The molecule has 0 radical (unpaired) electrons. The van der Waals surface area contributed by atoms with Gasteiger partial charge in [-0.25, -0.2) is 0 Å². The Morgan fingerprint density at radius 3 is 2.59 bits per heavy atom. The molecule has 122 valence electrons. The molecule has 5 atom stereocenters. The number of fused-ring (bicyclic) bond motifs is 5. The number of nitrogens with one attached hydrogen (secondary N) is 1. The molecule has 3 aliphatic rings. The molecular formula is C19H29NO2. The number of rotatable bonds is 5. The summed E-state index contributed by atoms with van der Waals surface area (Å²) in [5, 5.41) is 3.34. The van der Waals surface area contributed by atoms with Gasteiger partial charge in [0, 0.05) is 6.04 Å². The largest absolute Gasteiger partial charge is 0.484 e. The minimum Gasteiger partial charge on any atom is -0.484 e. The lowest BCUT2D eigenvalue weighted by Crippen LogP contribution is -2.37. The molecule has 1 saturated heterocycles. The fraction of sp³-hybridized carbons (Fsp3) is 0.684. The molecule has 0 aromatic heterocycles. The van der Waals surface area contributed by atoms with Crippen LogP contribution in [0.15, 0.2) is 24.3 Å². The maximum Gasteiger partial charge on any atom is 0.138 e. The van der Waals surface area contributed by atoms with Crippen molar-refractivity contribution >= 4 is 0 Å². The molecule has 1 aromatic rings. The van der Waals surface area contributed by atoms with E-state index >= 15 is 0 Å². The zero-order valence-electron chi connectivity index (χ0n) is 14.3. The lowest BCUT2D eigenvalue weighted by molar-refractivity contribution is 0.0408. The Labute approximate surface area is 134 Å². The first kappa shape index (κ1) is 15.8. The van der Waals surface area contributed by atoms with Crippen LogP contribution in [0.25, 0.3) is 0 Å². The van der Waals surface area contributed by atoms with Gasteiger partial charge in [0.2, 0.25) is 0 Å². The van der Waals surface area contributed by atoms with E-state index in [1.54, 1.807) is 0 Å². The van der Waals surface area contributed by atoms with Crippen molar-refractivity contribution in [3.05, 3.63) is 29.8 Å². The first-order chi connectivity index (χ1) is 10.8. The van der Waals surface area contributed by atoms with Crippen molar-refractivity contribution < 1.29 is 9.47 Å². The summed E-state index contributed by atoms with van der Waals surface area (Å²) in [7, 11) is 2.01. The molecule has 2 bridgehead atoms. The Balaban J connectivity index is 0.000000693. The highest BCUT2D eigenvalue weighted by atomic mass is 16.6. The zero-order valence-corrected chi connectivity index (χ0v) is 14.3. The van der Waals surface area contributed by atoms with Crippen LogP contribution in [-0.2, 0) is 4.74 Å². The zero-order chi connectivity index (χ0) is 15.7. The summed E-state index contributed by atoms with van der Waals surface area (Å²) < 4.78 is 12.1. The maximum absolute atomic E-state index is 6.36. The van der Waals surface area contributed by atoms with Crippen LogP contribution in [0.3, 0.4) is 0 Å². The minimum absolute atomic E-state index is 0.00991. The van der Waals surface area contributed by atoms with Gasteiger partial charge in [-0.2, -0.15) is 0 Å².